The minimum Gasteiger partial charge on any atom is -0.356 e. The predicted molar refractivity (Wildman–Crippen MR) is 101 cm³/mol. The molecule has 1 fully saturated rings. The number of hydrogen-bond donors (Lipinski definition) is 2. The predicted octanol–water partition coefficient (Wildman–Crippen LogP) is 2.73. The molecular weight excluding hydrogens is 326 g/mol. The summed E-state index contributed by atoms with van der Waals surface area (Å²) in [5.74, 6) is 0.266. The molecule has 0 aliphatic carbocycles. The van der Waals surface area contributed by atoms with Gasteiger partial charge in [-0.15, -0.1) is 12.4 Å². The van der Waals surface area contributed by atoms with Gasteiger partial charge in [0, 0.05) is 32.5 Å². The van der Waals surface area contributed by atoms with E-state index in [9.17, 15) is 9.59 Å². The van der Waals surface area contributed by atoms with Crippen molar-refractivity contribution in [2.75, 3.05) is 32.7 Å². The molecule has 0 spiro atoms. The molecule has 1 saturated heterocycles. The maximum atomic E-state index is 12.1. The molecule has 5 nitrogen and oxygen atoms in total. The number of nitrogens with zero attached hydrogens (tertiary/aromatic N) is 1. The summed E-state index contributed by atoms with van der Waals surface area (Å²) in [7, 11) is 0. The first-order valence-electron chi connectivity index (χ1n) is 9.26. The molecule has 0 aromatic carbocycles. The van der Waals surface area contributed by atoms with Crippen LogP contribution in [0.15, 0.2) is 0 Å². The van der Waals surface area contributed by atoms with Crippen LogP contribution in [0.4, 0.5) is 0 Å². The number of hydrogen-bond acceptors (Lipinski definition) is 3. The second kappa shape index (κ2) is 12.5. The molecule has 0 aromatic rings. The summed E-state index contributed by atoms with van der Waals surface area (Å²) in [6.45, 7) is 10.9. The summed E-state index contributed by atoms with van der Waals surface area (Å²) < 4.78 is 0. The molecule has 0 radical (unpaired) electrons. The fourth-order valence-corrected chi connectivity index (χ4v) is 3.07. The van der Waals surface area contributed by atoms with Gasteiger partial charge < -0.3 is 15.5 Å². The maximum absolute atomic E-state index is 12.1. The van der Waals surface area contributed by atoms with Gasteiger partial charge in [-0.1, -0.05) is 20.8 Å². The zero-order valence-electron chi connectivity index (χ0n) is 15.7. The number of halogens is 1. The summed E-state index contributed by atoms with van der Waals surface area (Å²) in [6.07, 6.45) is 5.76. The Balaban J connectivity index is 0.00000529. The summed E-state index contributed by atoms with van der Waals surface area (Å²) in [5.41, 5.74) is 0.218. The van der Waals surface area contributed by atoms with E-state index in [1.807, 2.05) is 4.90 Å². The van der Waals surface area contributed by atoms with Crippen molar-refractivity contribution in [1.82, 2.24) is 15.5 Å². The molecule has 0 bridgehead atoms. The van der Waals surface area contributed by atoms with Gasteiger partial charge in [0.2, 0.25) is 11.8 Å². The van der Waals surface area contributed by atoms with E-state index in [0.717, 1.165) is 58.4 Å². The minimum absolute atomic E-state index is 0. The highest BCUT2D eigenvalue weighted by molar-refractivity contribution is 5.85. The first-order valence-corrected chi connectivity index (χ1v) is 9.26. The lowest BCUT2D eigenvalue weighted by Crippen LogP contribution is -2.42. The van der Waals surface area contributed by atoms with Crippen molar-refractivity contribution in [3.63, 3.8) is 0 Å². The summed E-state index contributed by atoms with van der Waals surface area (Å²) >= 11 is 0. The van der Waals surface area contributed by atoms with Crippen LogP contribution in [0.2, 0.25) is 0 Å². The highest BCUT2D eigenvalue weighted by Gasteiger charge is 2.26. The van der Waals surface area contributed by atoms with Crippen LogP contribution in [0.3, 0.4) is 0 Å². The Hall–Kier alpha value is -0.810. The SMILES string of the molecule is CCCN(CCC)C(=O)CCCC(=O)NCC1(C)CCNCC1.Cl. The third kappa shape index (κ3) is 8.88. The van der Waals surface area contributed by atoms with Crippen LogP contribution in [0.5, 0.6) is 0 Å². The molecule has 24 heavy (non-hydrogen) atoms. The average molecular weight is 362 g/mol. The number of piperidine rings is 1. The van der Waals surface area contributed by atoms with E-state index in [2.05, 4.69) is 31.4 Å². The smallest absolute Gasteiger partial charge is 0.222 e. The Morgan fingerprint density at radius 2 is 1.67 bits per heavy atom. The van der Waals surface area contributed by atoms with Gasteiger partial charge in [0.25, 0.3) is 0 Å². The Kier molecular flexibility index (Phi) is 12.1. The van der Waals surface area contributed by atoms with Crippen molar-refractivity contribution < 1.29 is 9.59 Å². The molecule has 6 heteroatoms. The maximum Gasteiger partial charge on any atom is 0.222 e. The summed E-state index contributed by atoms with van der Waals surface area (Å²) in [4.78, 5) is 26.1. The number of rotatable bonds is 10. The quantitative estimate of drug-likeness (QED) is 0.629. The van der Waals surface area contributed by atoms with Crippen LogP contribution < -0.4 is 10.6 Å². The van der Waals surface area contributed by atoms with Gasteiger partial charge in [-0.2, -0.15) is 0 Å². The van der Waals surface area contributed by atoms with E-state index >= 15 is 0 Å². The molecule has 2 N–H and O–H groups in total. The van der Waals surface area contributed by atoms with Crippen LogP contribution in [0, 0.1) is 5.41 Å². The molecule has 142 valence electrons. The first kappa shape index (κ1) is 23.2. The molecule has 1 aliphatic rings. The van der Waals surface area contributed by atoms with Gasteiger partial charge in [0.05, 0.1) is 0 Å². The first-order chi connectivity index (χ1) is 11.0. The van der Waals surface area contributed by atoms with Gasteiger partial charge >= 0.3 is 0 Å². The molecule has 0 saturated carbocycles. The second-order valence-electron chi connectivity index (χ2n) is 7.07. The van der Waals surface area contributed by atoms with Crippen molar-refractivity contribution in [2.45, 2.75) is 65.7 Å². The van der Waals surface area contributed by atoms with Crippen molar-refractivity contribution in [2.24, 2.45) is 5.41 Å². The number of carbonyl (C=O) groups is 2. The molecule has 0 atom stereocenters. The zero-order valence-corrected chi connectivity index (χ0v) is 16.5. The van der Waals surface area contributed by atoms with Crippen molar-refractivity contribution >= 4 is 24.2 Å². The van der Waals surface area contributed by atoms with Crippen LogP contribution in [0.1, 0.15) is 65.7 Å². The minimum atomic E-state index is 0. The molecule has 1 heterocycles. The van der Waals surface area contributed by atoms with Crippen molar-refractivity contribution in [3.8, 4) is 0 Å². The summed E-state index contributed by atoms with van der Waals surface area (Å²) in [5, 5.41) is 6.41. The molecular formula is C18H36ClN3O2. The highest BCUT2D eigenvalue weighted by Crippen LogP contribution is 2.26. The fraction of sp³-hybridized carbons (Fsp3) is 0.889. The second-order valence-corrected chi connectivity index (χ2v) is 7.07. The Bertz CT molecular complexity index is 365. The monoisotopic (exact) mass is 361 g/mol. The third-order valence-corrected chi connectivity index (χ3v) is 4.66. The van der Waals surface area contributed by atoms with Gasteiger partial charge in [-0.05, 0) is 50.6 Å². The number of nitrogens with one attached hydrogen (secondary N) is 2. The average Bonchev–Trinajstić information content (AvgIpc) is 2.53. The largest absolute Gasteiger partial charge is 0.356 e. The Labute approximate surface area is 153 Å². The lowest BCUT2D eigenvalue weighted by molar-refractivity contribution is -0.131. The molecule has 1 aliphatic heterocycles. The van der Waals surface area contributed by atoms with Crippen LogP contribution in [0.25, 0.3) is 0 Å². The topological polar surface area (TPSA) is 61.4 Å². The van der Waals surface area contributed by atoms with Crippen LogP contribution in [-0.2, 0) is 9.59 Å². The van der Waals surface area contributed by atoms with E-state index in [1.54, 1.807) is 0 Å². The number of amides is 2. The van der Waals surface area contributed by atoms with Crippen LogP contribution in [-0.4, -0.2) is 49.4 Å². The lowest BCUT2D eigenvalue weighted by atomic mass is 9.81. The van der Waals surface area contributed by atoms with E-state index in [0.29, 0.717) is 19.3 Å². The van der Waals surface area contributed by atoms with E-state index in [-0.39, 0.29) is 29.6 Å². The van der Waals surface area contributed by atoms with Crippen molar-refractivity contribution in [1.29, 1.82) is 0 Å². The Morgan fingerprint density at radius 1 is 1.08 bits per heavy atom. The van der Waals surface area contributed by atoms with Gasteiger partial charge in [-0.3, -0.25) is 9.59 Å². The molecule has 1 rings (SSSR count). The highest BCUT2D eigenvalue weighted by atomic mass is 35.5. The van der Waals surface area contributed by atoms with Crippen LogP contribution >= 0.6 is 12.4 Å². The van der Waals surface area contributed by atoms with Gasteiger partial charge in [-0.25, -0.2) is 0 Å². The Morgan fingerprint density at radius 3 is 2.21 bits per heavy atom. The standard InChI is InChI=1S/C18H35N3O2.ClH/c1-4-13-21(14-5-2)17(23)8-6-7-16(22)20-15-18(3)9-11-19-12-10-18;/h19H,4-15H2,1-3H3,(H,20,22);1H. The van der Waals surface area contributed by atoms with E-state index in [4.69, 9.17) is 0 Å². The van der Waals surface area contributed by atoms with Gasteiger partial charge in [0.15, 0.2) is 0 Å². The lowest BCUT2D eigenvalue weighted by Gasteiger charge is -2.34. The van der Waals surface area contributed by atoms with E-state index < -0.39 is 0 Å². The molecule has 2 amide bonds. The fourth-order valence-electron chi connectivity index (χ4n) is 3.07. The van der Waals surface area contributed by atoms with Crippen molar-refractivity contribution in [3.05, 3.63) is 0 Å². The van der Waals surface area contributed by atoms with E-state index in [1.165, 1.54) is 0 Å². The number of carbonyl (C=O) groups excluding carboxylic acids is 2. The molecule has 0 unspecified atom stereocenters. The van der Waals surface area contributed by atoms with Gasteiger partial charge in [0.1, 0.15) is 0 Å². The molecule has 0 aromatic heterocycles. The summed E-state index contributed by atoms with van der Waals surface area (Å²) in [6, 6.07) is 0. The normalized spacial score (nSPS) is 16.1. The third-order valence-electron chi connectivity index (χ3n) is 4.66. The zero-order chi connectivity index (χ0) is 17.1.